The van der Waals surface area contributed by atoms with Gasteiger partial charge in [0.15, 0.2) is 6.61 Å². The van der Waals surface area contributed by atoms with Crippen molar-refractivity contribution in [2.24, 2.45) is 10.1 Å². The molecule has 4 rings (SSSR count). The number of aromatic nitrogens is 1. The summed E-state index contributed by atoms with van der Waals surface area (Å²) in [5.74, 6) is 0.500. The number of halogens is 2. The van der Waals surface area contributed by atoms with E-state index in [9.17, 15) is 4.79 Å². The topological polar surface area (TPSA) is 68.0 Å². The van der Waals surface area contributed by atoms with Gasteiger partial charge in [-0.1, -0.05) is 37.9 Å². The lowest BCUT2D eigenvalue weighted by atomic mass is 10.1. The number of nitrogens with zero attached hydrogens (tertiary/aromatic N) is 3. The fourth-order valence-electron chi connectivity index (χ4n) is 2.98. The predicted octanol–water partition coefficient (Wildman–Crippen LogP) is 4.88. The molecule has 0 spiro atoms. The fourth-order valence-corrected chi connectivity index (χ4v) is 5.11. The highest BCUT2D eigenvalue weighted by Gasteiger charge is 2.18. The van der Waals surface area contributed by atoms with Crippen molar-refractivity contribution in [3.63, 3.8) is 0 Å². The van der Waals surface area contributed by atoms with E-state index in [1.807, 2.05) is 53.4 Å². The number of hydrogen-bond acceptors (Lipinski definition) is 5. The monoisotopic (exact) mass is 534 g/mol. The lowest BCUT2D eigenvalue weighted by molar-refractivity contribution is -0.118. The second-order valence-corrected chi connectivity index (χ2v) is 8.90. The molecule has 0 unspecified atom stereocenters. The molecule has 0 saturated heterocycles. The summed E-state index contributed by atoms with van der Waals surface area (Å²) in [5.41, 5.74) is 4.28. The van der Waals surface area contributed by atoms with Crippen molar-refractivity contribution >= 4 is 60.5 Å². The minimum atomic E-state index is -0.161. The van der Waals surface area contributed by atoms with E-state index in [1.165, 1.54) is 11.3 Å². The molecule has 2 heterocycles. The highest BCUT2D eigenvalue weighted by molar-refractivity contribution is 9.11. The lowest BCUT2D eigenvalue weighted by Gasteiger charge is -2.18. The molecule has 0 fully saturated rings. The zero-order valence-corrected chi connectivity index (χ0v) is 19.6. The van der Waals surface area contributed by atoms with Crippen molar-refractivity contribution in [1.29, 1.82) is 0 Å². The van der Waals surface area contributed by atoms with Crippen LogP contribution in [0.5, 0.6) is 5.75 Å². The van der Waals surface area contributed by atoms with Crippen LogP contribution in [0, 0.1) is 0 Å². The quantitative estimate of drug-likeness (QED) is 0.486. The van der Waals surface area contributed by atoms with E-state index in [1.54, 1.807) is 7.05 Å². The van der Waals surface area contributed by atoms with E-state index in [-0.39, 0.29) is 12.5 Å². The standard InChI is InChI=1S/C20H16Br2N4O2S/c1-11(14-5-4-13(21)8-15(14)22)25-26-17(10-29-20(26)23-2)12-3-6-18-16(7-12)24-19(27)9-28-18/h3-8,10H,9H2,1-2H3,(H,24,27). The first-order chi connectivity index (χ1) is 14.0. The predicted molar refractivity (Wildman–Crippen MR) is 123 cm³/mol. The number of benzene rings is 2. The maximum Gasteiger partial charge on any atom is 0.262 e. The summed E-state index contributed by atoms with van der Waals surface area (Å²) in [6.07, 6.45) is 0. The van der Waals surface area contributed by atoms with Gasteiger partial charge in [-0.3, -0.25) is 9.79 Å². The van der Waals surface area contributed by atoms with Gasteiger partial charge in [-0.05, 0) is 37.3 Å². The van der Waals surface area contributed by atoms with E-state index < -0.39 is 0 Å². The molecule has 0 bridgehead atoms. The van der Waals surface area contributed by atoms with Gasteiger partial charge in [-0.2, -0.15) is 5.10 Å². The molecule has 0 saturated carbocycles. The van der Waals surface area contributed by atoms with Crippen molar-refractivity contribution in [2.45, 2.75) is 6.92 Å². The molecular formula is C20H16Br2N4O2S. The third-order valence-electron chi connectivity index (χ3n) is 4.36. The highest BCUT2D eigenvalue weighted by atomic mass is 79.9. The van der Waals surface area contributed by atoms with E-state index in [4.69, 9.17) is 9.84 Å². The number of fused-ring (bicyclic) bond motifs is 1. The minimum Gasteiger partial charge on any atom is -0.482 e. The summed E-state index contributed by atoms with van der Waals surface area (Å²) in [6.45, 7) is 2.00. The molecule has 6 nitrogen and oxygen atoms in total. The number of nitrogens with one attached hydrogen (secondary N) is 1. The van der Waals surface area contributed by atoms with Crippen molar-refractivity contribution in [3.8, 4) is 17.0 Å². The molecule has 1 aliphatic heterocycles. The van der Waals surface area contributed by atoms with Gasteiger partial charge in [0.1, 0.15) is 5.75 Å². The van der Waals surface area contributed by atoms with Gasteiger partial charge in [0.25, 0.3) is 5.91 Å². The molecular weight excluding hydrogens is 520 g/mol. The van der Waals surface area contributed by atoms with Gasteiger partial charge in [-0.15, -0.1) is 11.3 Å². The third kappa shape index (κ3) is 4.08. The van der Waals surface area contributed by atoms with Gasteiger partial charge in [-0.25, -0.2) is 4.68 Å². The Morgan fingerprint density at radius 3 is 2.83 bits per heavy atom. The summed E-state index contributed by atoms with van der Waals surface area (Å²) in [4.78, 5) is 16.8. The second-order valence-electron chi connectivity index (χ2n) is 6.30. The summed E-state index contributed by atoms with van der Waals surface area (Å²) < 4.78 is 9.22. The minimum absolute atomic E-state index is 0.0369. The smallest absolute Gasteiger partial charge is 0.262 e. The zero-order chi connectivity index (χ0) is 20.5. The number of carbonyl (C=O) groups excluding carboxylic acids is 1. The van der Waals surface area contributed by atoms with Gasteiger partial charge in [0.05, 0.1) is 17.1 Å². The first kappa shape index (κ1) is 20.1. The van der Waals surface area contributed by atoms with Crippen LogP contribution in [0.15, 0.2) is 60.8 Å². The number of carbonyl (C=O) groups is 1. The Hall–Kier alpha value is -2.23. The Morgan fingerprint density at radius 1 is 1.24 bits per heavy atom. The van der Waals surface area contributed by atoms with E-state index in [0.717, 1.165) is 36.3 Å². The van der Waals surface area contributed by atoms with Crippen LogP contribution >= 0.6 is 43.2 Å². The first-order valence-electron chi connectivity index (χ1n) is 8.67. The molecule has 1 amide bonds. The Balaban J connectivity index is 1.81. The number of ether oxygens (including phenoxy) is 1. The fraction of sp³-hybridized carbons (Fsp3) is 0.150. The molecule has 2 aromatic carbocycles. The van der Waals surface area contributed by atoms with Crippen LogP contribution in [0.2, 0.25) is 0 Å². The summed E-state index contributed by atoms with van der Waals surface area (Å²) in [6, 6.07) is 11.7. The molecule has 1 N–H and O–H groups in total. The van der Waals surface area contributed by atoms with E-state index >= 15 is 0 Å². The Kier molecular flexibility index (Phi) is 5.71. The van der Waals surface area contributed by atoms with Gasteiger partial charge in [0.2, 0.25) is 4.80 Å². The number of hydrogen-bond donors (Lipinski definition) is 1. The summed E-state index contributed by atoms with van der Waals surface area (Å²) in [5, 5.41) is 9.69. The van der Waals surface area contributed by atoms with Crippen LogP contribution in [0.3, 0.4) is 0 Å². The number of anilines is 1. The van der Waals surface area contributed by atoms with Gasteiger partial charge in [0, 0.05) is 32.5 Å². The Bertz CT molecular complexity index is 1210. The third-order valence-corrected chi connectivity index (χ3v) is 6.41. The second kappa shape index (κ2) is 8.25. The SMILES string of the molecule is CN=c1scc(-c2ccc3c(c2)NC(=O)CO3)n1N=C(C)c1ccc(Br)cc1Br. The number of rotatable bonds is 3. The average Bonchev–Trinajstić information content (AvgIpc) is 3.09. The first-order valence-corrected chi connectivity index (χ1v) is 11.1. The summed E-state index contributed by atoms with van der Waals surface area (Å²) in [7, 11) is 1.74. The van der Waals surface area contributed by atoms with Crippen LogP contribution in [-0.4, -0.2) is 29.9 Å². The average molecular weight is 536 g/mol. The molecule has 1 aliphatic rings. The van der Waals surface area contributed by atoms with Crippen molar-refractivity contribution in [3.05, 3.63) is 61.1 Å². The van der Waals surface area contributed by atoms with Crippen LogP contribution < -0.4 is 14.9 Å². The molecule has 1 aromatic heterocycles. The van der Waals surface area contributed by atoms with E-state index in [2.05, 4.69) is 42.2 Å². The van der Waals surface area contributed by atoms with Gasteiger partial charge >= 0.3 is 0 Å². The number of amides is 1. The Morgan fingerprint density at radius 2 is 2.07 bits per heavy atom. The maximum atomic E-state index is 11.7. The Labute approximate surface area is 188 Å². The normalized spacial score (nSPS) is 14.4. The molecule has 0 radical (unpaired) electrons. The van der Waals surface area contributed by atoms with Crippen molar-refractivity contribution < 1.29 is 9.53 Å². The zero-order valence-electron chi connectivity index (χ0n) is 15.6. The molecule has 0 atom stereocenters. The highest BCUT2D eigenvalue weighted by Crippen LogP contribution is 2.33. The number of thiazole rings is 1. The molecule has 0 aliphatic carbocycles. The van der Waals surface area contributed by atoms with Crippen molar-refractivity contribution in [1.82, 2.24) is 4.68 Å². The largest absolute Gasteiger partial charge is 0.482 e. The lowest BCUT2D eigenvalue weighted by Crippen LogP contribution is -2.25. The van der Waals surface area contributed by atoms with Crippen LogP contribution in [0.4, 0.5) is 5.69 Å². The van der Waals surface area contributed by atoms with Crippen LogP contribution in [0.1, 0.15) is 12.5 Å². The van der Waals surface area contributed by atoms with Gasteiger partial charge < -0.3 is 10.1 Å². The molecule has 29 heavy (non-hydrogen) atoms. The molecule has 9 heteroatoms. The summed E-state index contributed by atoms with van der Waals surface area (Å²) >= 11 is 8.58. The van der Waals surface area contributed by atoms with Crippen LogP contribution in [-0.2, 0) is 4.79 Å². The van der Waals surface area contributed by atoms with Crippen molar-refractivity contribution in [2.75, 3.05) is 19.0 Å². The molecule has 3 aromatic rings. The molecule has 148 valence electrons. The van der Waals surface area contributed by atoms with Crippen LogP contribution in [0.25, 0.3) is 11.3 Å². The maximum absolute atomic E-state index is 11.7. The van der Waals surface area contributed by atoms with E-state index in [0.29, 0.717) is 11.4 Å².